The third-order valence-corrected chi connectivity index (χ3v) is 4.29. The Balaban J connectivity index is 2.32. The van der Waals surface area contributed by atoms with E-state index in [0.29, 0.717) is 5.92 Å². The lowest BCUT2D eigenvalue weighted by atomic mass is 9.86. The van der Waals surface area contributed by atoms with Gasteiger partial charge in [0.05, 0.1) is 11.4 Å². The van der Waals surface area contributed by atoms with Crippen LogP contribution in [-0.4, -0.2) is 6.54 Å². The molecule has 1 aliphatic rings. The molecule has 0 bridgehead atoms. The van der Waals surface area contributed by atoms with Crippen LogP contribution in [0.4, 0.5) is 17.1 Å². The first-order valence-electron chi connectivity index (χ1n) is 6.97. The van der Waals surface area contributed by atoms with Crippen molar-refractivity contribution in [3.8, 4) is 0 Å². The zero-order valence-electron chi connectivity index (χ0n) is 11.8. The maximum Gasteiger partial charge on any atom is 0.0630 e. The fourth-order valence-electron chi connectivity index (χ4n) is 2.83. The van der Waals surface area contributed by atoms with Gasteiger partial charge in [-0.25, -0.2) is 0 Å². The Morgan fingerprint density at radius 3 is 2.50 bits per heavy atom. The van der Waals surface area contributed by atoms with Gasteiger partial charge < -0.3 is 16.8 Å². The molecular weight excluding hydrogens is 222 g/mol. The summed E-state index contributed by atoms with van der Waals surface area (Å²) in [5.41, 5.74) is 18.9. The lowest BCUT2D eigenvalue weighted by molar-refractivity contribution is 0.475. The number of nitrogens with one attached hydrogen (secondary N) is 1. The van der Waals surface area contributed by atoms with Crippen molar-refractivity contribution in [2.24, 2.45) is 5.92 Å². The molecule has 1 aromatic carbocycles. The molecule has 0 spiro atoms. The Bertz CT molecular complexity index is 452. The van der Waals surface area contributed by atoms with Gasteiger partial charge in [0.2, 0.25) is 0 Å². The minimum absolute atomic E-state index is 0.696. The van der Waals surface area contributed by atoms with E-state index in [4.69, 9.17) is 11.5 Å². The van der Waals surface area contributed by atoms with Gasteiger partial charge in [0, 0.05) is 17.8 Å². The van der Waals surface area contributed by atoms with Gasteiger partial charge >= 0.3 is 0 Å². The third kappa shape index (κ3) is 2.14. The van der Waals surface area contributed by atoms with Gasteiger partial charge in [-0.3, -0.25) is 0 Å². The van der Waals surface area contributed by atoms with Crippen LogP contribution in [0.3, 0.4) is 0 Å². The van der Waals surface area contributed by atoms with Gasteiger partial charge in [0.25, 0.3) is 0 Å². The average Bonchev–Trinajstić information content (AvgIpc) is 2.40. The second-order valence-corrected chi connectivity index (χ2v) is 5.52. The summed E-state index contributed by atoms with van der Waals surface area (Å²) in [7, 11) is 0. The molecule has 0 aromatic heterocycles. The highest BCUT2D eigenvalue weighted by Crippen LogP contribution is 2.40. The summed E-state index contributed by atoms with van der Waals surface area (Å²) in [6.45, 7) is 7.38. The first-order chi connectivity index (χ1) is 8.56. The lowest BCUT2D eigenvalue weighted by Crippen LogP contribution is -2.25. The van der Waals surface area contributed by atoms with Crippen LogP contribution in [0.2, 0.25) is 0 Å². The van der Waals surface area contributed by atoms with Crippen molar-refractivity contribution in [3.63, 3.8) is 0 Å². The molecule has 0 radical (unpaired) electrons. The average molecular weight is 247 g/mol. The van der Waals surface area contributed by atoms with Crippen LogP contribution in [0.15, 0.2) is 0 Å². The van der Waals surface area contributed by atoms with E-state index in [9.17, 15) is 0 Å². The maximum absolute atomic E-state index is 6.27. The van der Waals surface area contributed by atoms with Gasteiger partial charge in [-0.2, -0.15) is 0 Å². The molecule has 0 aliphatic carbocycles. The van der Waals surface area contributed by atoms with Crippen LogP contribution in [0.25, 0.3) is 0 Å². The van der Waals surface area contributed by atoms with E-state index in [1.807, 2.05) is 6.92 Å². The highest BCUT2D eigenvalue weighted by molar-refractivity contribution is 5.83. The summed E-state index contributed by atoms with van der Waals surface area (Å²) in [4.78, 5) is 0. The smallest absolute Gasteiger partial charge is 0.0630 e. The van der Waals surface area contributed by atoms with Crippen molar-refractivity contribution in [2.45, 2.75) is 46.5 Å². The van der Waals surface area contributed by atoms with E-state index in [2.05, 4.69) is 19.2 Å². The topological polar surface area (TPSA) is 64.1 Å². The van der Waals surface area contributed by atoms with Crippen LogP contribution in [0.5, 0.6) is 0 Å². The van der Waals surface area contributed by atoms with Crippen LogP contribution >= 0.6 is 0 Å². The van der Waals surface area contributed by atoms with E-state index in [-0.39, 0.29) is 0 Å². The lowest BCUT2D eigenvalue weighted by Gasteiger charge is -2.30. The summed E-state index contributed by atoms with van der Waals surface area (Å²) in [5.74, 6) is 0.696. The van der Waals surface area contributed by atoms with Gasteiger partial charge in [0.15, 0.2) is 0 Å². The van der Waals surface area contributed by atoms with E-state index in [1.54, 1.807) is 0 Å². The van der Waals surface area contributed by atoms with E-state index >= 15 is 0 Å². The predicted octanol–water partition coefficient (Wildman–Crippen LogP) is 3.24. The molecule has 1 unspecified atom stereocenters. The maximum atomic E-state index is 6.27. The summed E-state index contributed by atoms with van der Waals surface area (Å²) < 4.78 is 0. The molecular formula is C15H25N3. The summed E-state index contributed by atoms with van der Waals surface area (Å²) in [6.07, 6.45) is 4.89. The molecule has 0 saturated heterocycles. The van der Waals surface area contributed by atoms with Crippen LogP contribution in [0.1, 0.15) is 42.9 Å². The van der Waals surface area contributed by atoms with Gasteiger partial charge in [-0.1, -0.05) is 19.8 Å². The molecule has 2 rings (SSSR count). The van der Waals surface area contributed by atoms with E-state index < -0.39 is 0 Å². The number of fused-ring (bicyclic) bond motifs is 1. The van der Waals surface area contributed by atoms with Gasteiger partial charge in [-0.15, -0.1) is 0 Å². The number of hydrogen-bond donors (Lipinski definition) is 3. The third-order valence-electron chi connectivity index (χ3n) is 4.29. The zero-order chi connectivity index (χ0) is 13.3. The quantitative estimate of drug-likeness (QED) is 0.718. The number of rotatable bonds is 3. The highest BCUT2D eigenvalue weighted by atomic mass is 14.9. The highest BCUT2D eigenvalue weighted by Gasteiger charge is 2.24. The summed E-state index contributed by atoms with van der Waals surface area (Å²) in [5, 5.41) is 3.49. The first kappa shape index (κ1) is 13.1. The Kier molecular flexibility index (Phi) is 3.69. The molecule has 0 fully saturated rings. The monoisotopic (exact) mass is 247 g/mol. The second kappa shape index (κ2) is 5.09. The Labute approximate surface area is 110 Å². The molecule has 1 heterocycles. The zero-order valence-corrected chi connectivity index (χ0v) is 11.8. The molecule has 100 valence electrons. The minimum atomic E-state index is 0.696. The number of benzene rings is 1. The van der Waals surface area contributed by atoms with Crippen molar-refractivity contribution in [2.75, 3.05) is 23.3 Å². The molecule has 18 heavy (non-hydrogen) atoms. The normalized spacial score (nSPS) is 18.3. The molecule has 1 atom stereocenters. The standard InChI is InChI=1S/C15H25N3/c1-4-5-6-11-7-12-13(16)9(2)10(3)14(17)15(12)18-8-11/h11,18H,4-8,16-17H2,1-3H3. The number of nitrogen functional groups attached to an aromatic ring is 2. The molecule has 0 amide bonds. The van der Waals surface area contributed by atoms with Crippen molar-refractivity contribution in [1.29, 1.82) is 0 Å². The van der Waals surface area contributed by atoms with Crippen molar-refractivity contribution >= 4 is 17.1 Å². The Hall–Kier alpha value is -1.38. The Morgan fingerprint density at radius 2 is 1.83 bits per heavy atom. The molecule has 0 saturated carbocycles. The number of hydrogen-bond acceptors (Lipinski definition) is 3. The first-order valence-corrected chi connectivity index (χ1v) is 6.97. The minimum Gasteiger partial charge on any atom is -0.398 e. The largest absolute Gasteiger partial charge is 0.398 e. The number of nitrogens with two attached hydrogens (primary N) is 2. The predicted molar refractivity (Wildman–Crippen MR) is 79.9 cm³/mol. The van der Waals surface area contributed by atoms with Crippen molar-refractivity contribution < 1.29 is 0 Å². The Morgan fingerprint density at radius 1 is 1.17 bits per heavy atom. The molecule has 3 nitrogen and oxygen atoms in total. The van der Waals surface area contributed by atoms with Crippen LogP contribution < -0.4 is 16.8 Å². The van der Waals surface area contributed by atoms with Crippen LogP contribution in [-0.2, 0) is 6.42 Å². The van der Waals surface area contributed by atoms with Crippen molar-refractivity contribution in [1.82, 2.24) is 0 Å². The molecule has 3 heteroatoms. The fourth-order valence-corrected chi connectivity index (χ4v) is 2.83. The number of anilines is 3. The van der Waals surface area contributed by atoms with Crippen molar-refractivity contribution in [3.05, 3.63) is 16.7 Å². The fraction of sp³-hybridized carbons (Fsp3) is 0.600. The van der Waals surface area contributed by atoms with Gasteiger partial charge in [0.1, 0.15) is 0 Å². The summed E-state index contributed by atoms with van der Waals surface area (Å²) >= 11 is 0. The number of unbranched alkanes of at least 4 members (excludes halogenated alkanes) is 1. The molecule has 1 aromatic rings. The second-order valence-electron chi connectivity index (χ2n) is 5.52. The van der Waals surface area contributed by atoms with Gasteiger partial charge in [-0.05, 0) is 43.7 Å². The van der Waals surface area contributed by atoms with Crippen LogP contribution in [0, 0.1) is 19.8 Å². The molecule has 1 aliphatic heterocycles. The van der Waals surface area contributed by atoms with E-state index in [1.165, 1.54) is 24.8 Å². The van der Waals surface area contributed by atoms with E-state index in [0.717, 1.165) is 41.2 Å². The SMILES string of the molecule is CCCCC1CNc2c(N)c(C)c(C)c(N)c2C1. The summed E-state index contributed by atoms with van der Waals surface area (Å²) in [6, 6.07) is 0. The molecule has 5 N–H and O–H groups in total.